The number of hydrogen-bond acceptors (Lipinski definition) is 8. The van der Waals surface area contributed by atoms with Gasteiger partial charge >= 0.3 is 5.97 Å². The maximum absolute atomic E-state index is 13.7. The Bertz CT molecular complexity index is 1310. The van der Waals surface area contributed by atoms with Gasteiger partial charge in [-0.25, -0.2) is 4.79 Å². The minimum atomic E-state index is -1.26. The lowest BCUT2D eigenvalue weighted by Gasteiger charge is -2.25. The first-order chi connectivity index (χ1) is 20.9. The summed E-state index contributed by atoms with van der Waals surface area (Å²) in [6, 6.07) is 2.75. The summed E-state index contributed by atoms with van der Waals surface area (Å²) in [6.45, 7) is 0.530. The van der Waals surface area contributed by atoms with Crippen molar-refractivity contribution in [3.05, 3.63) is 36.0 Å². The number of carbonyl (C=O) groups excluding carboxylic acids is 4. The standard InChI is InChI=1S/C28H44N10O6/c29-12-4-3-8-20(25(41)37-21(27(43)44)9-5-13-34-28(32)33)36-26(42)22(38-24(40)18(30)10-11-23(31)39)14-16-15-35-19-7-2-1-6-17(16)19/h1-2,6-7,15,18,20-22,35H,3-5,8-14,29-30H2,(H2,31,39)(H,36,42)(H,37,41)(H,38,40)(H,43,44)(H4,32,33,34). The highest BCUT2D eigenvalue weighted by atomic mass is 16.4. The molecule has 15 N–H and O–H groups in total. The Labute approximate surface area is 254 Å². The normalized spacial score (nSPS) is 13.7. The highest BCUT2D eigenvalue weighted by Crippen LogP contribution is 2.19. The maximum Gasteiger partial charge on any atom is 0.326 e. The number of primary amides is 1. The van der Waals surface area contributed by atoms with Crippen molar-refractivity contribution in [2.45, 2.75) is 75.5 Å². The maximum atomic E-state index is 13.7. The Kier molecular flexibility index (Phi) is 14.6. The Morgan fingerprint density at radius 2 is 1.48 bits per heavy atom. The number of benzene rings is 1. The van der Waals surface area contributed by atoms with Gasteiger partial charge in [-0.15, -0.1) is 0 Å². The molecule has 4 unspecified atom stereocenters. The quantitative estimate of drug-likeness (QED) is 0.0444. The zero-order chi connectivity index (χ0) is 32.6. The highest BCUT2D eigenvalue weighted by molar-refractivity contribution is 5.95. The van der Waals surface area contributed by atoms with Crippen LogP contribution in [-0.2, 0) is 30.4 Å². The lowest BCUT2D eigenvalue weighted by atomic mass is 10.0. The van der Waals surface area contributed by atoms with E-state index in [4.69, 9.17) is 28.7 Å². The number of fused-ring (bicyclic) bond motifs is 1. The molecule has 0 saturated carbocycles. The van der Waals surface area contributed by atoms with Gasteiger partial charge in [0.25, 0.3) is 0 Å². The van der Waals surface area contributed by atoms with Crippen LogP contribution in [0.4, 0.5) is 0 Å². The number of carboxylic acid groups (broad SMARTS) is 1. The molecule has 0 aliphatic carbocycles. The van der Waals surface area contributed by atoms with Gasteiger partial charge in [0, 0.05) is 36.5 Å². The SMILES string of the molecule is NCCCCC(NC(=O)C(Cc1c[nH]c2ccccc12)NC(=O)C(N)CCC(N)=O)C(=O)NC(CCCN=C(N)N)C(=O)O. The molecule has 1 heterocycles. The van der Waals surface area contributed by atoms with Crippen LogP contribution in [0, 0.1) is 0 Å². The molecule has 2 rings (SSSR count). The number of aliphatic carboxylic acids is 1. The molecule has 4 atom stereocenters. The number of nitrogens with one attached hydrogen (secondary N) is 4. The van der Waals surface area contributed by atoms with Crippen molar-refractivity contribution in [1.29, 1.82) is 0 Å². The highest BCUT2D eigenvalue weighted by Gasteiger charge is 2.30. The van der Waals surface area contributed by atoms with Crippen LogP contribution in [0.15, 0.2) is 35.5 Å². The number of para-hydroxylation sites is 1. The van der Waals surface area contributed by atoms with E-state index >= 15 is 0 Å². The largest absolute Gasteiger partial charge is 0.480 e. The molecule has 16 nitrogen and oxygen atoms in total. The van der Waals surface area contributed by atoms with Crippen molar-refractivity contribution in [2.75, 3.05) is 13.1 Å². The lowest BCUT2D eigenvalue weighted by Crippen LogP contribution is -2.57. The van der Waals surface area contributed by atoms with E-state index in [2.05, 4.69) is 25.9 Å². The summed E-state index contributed by atoms with van der Waals surface area (Å²) in [7, 11) is 0. The van der Waals surface area contributed by atoms with E-state index < -0.39 is 53.8 Å². The van der Waals surface area contributed by atoms with Gasteiger partial charge in [-0.3, -0.25) is 24.2 Å². The van der Waals surface area contributed by atoms with Gasteiger partial charge in [0.2, 0.25) is 23.6 Å². The van der Waals surface area contributed by atoms with E-state index in [0.29, 0.717) is 19.4 Å². The minimum Gasteiger partial charge on any atom is -0.480 e. The molecule has 0 bridgehead atoms. The van der Waals surface area contributed by atoms with Gasteiger partial charge in [-0.1, -0.05) is 18.2 Å². The van der Waals surface area contributed by atoms with Crippen LogP contribution in [0.1, 0.15) is 50.5 Å². The number of nitrogens with two attached hydrogens (primary N) is 5. The van der Waals surface area contributed by atoms with Gasteiger partial charge in [0.1, 0.15) is 18.1 Å². The zero-order valence-corrected chi connectivity index (χ0v) is 24.6. The number of guanidine groups is 1. The Balaban J connectivity index is 2.26. The summed E-state index contributed by atoms with van der Waals surface area (Å²) >= 11 is 0. The third-order valence-electron chi connectivity index (χ3n) is 6.91. The van der Waals surface area contributed by atoms with Crippen LogP contribution < -0.4 is 44.6 Å². The van der Waals surface area contributed by atoms with Crippen LogP contribution in [0.3, 0.4) is 0 Å². The first kappa shape index (κ1) is 35.5. The third kappa shape index (κ3) is 11.9. The van der Waals surface area contributed by atoms with E-state index in [0.717, 1.165) is 16.5 Å². The average molecular weight is 617 g/mol. The number of rotatable bonds is 20. The van der Waals surface area contributed by atoms with Crippen LogP contribution in [0.25, 0.3) is 10.9 Å². The Hall–Kier alpha value is -4.70. The molecule has 0 aliphatic rings. The molecule has 16 heteroatoms. The van der Waals surface area contributed by atoms with Gasteiger partial charge < -0.3 is 54.7 Å². The van der Waals surface area contributed by atoms with Crippen molar-refractivity contribution >= 4 is 46.5 Å². The van der Waals surface area contributed by atoms with E-state index in [-0.39, 0.29) is 51.0 Å². The van der Waals surface area contributed by atoms with Gasteiger partial charge in [0.05, 0.1) is 6.04 Å². The van der Waals surface area contributed by atoms with E-state index in [1.165, 1.54) is 0 Å². The number of unbranched alkanes of at least 4 members (excludes halogenated alkanes) is 1. The van der Waals surface area contributed by atoms with Crippen molar-refractivity contribution in [1.82, 2.24) is 20.9 Å². The van der Waals surface area contributed by atoms with Gasteiger partial charge in [-0.2, -0.15) is 0 Å². The van der Waals surface area contributed by atoms with Crippen molar-refractivity contribution in [3.8, 4) is 0 Å². The zero-order valence-electron chi connectivity index (χ0n) is 24.6. The fraction of sp³-hybridized carbons (Fsp3) is 0.500. The molecule has 1 aromatic heterocycles. The van der Waals surface area contributed by atoms with Crippen molar-refractivity contribution in [3.63, 3.8) is 0 Å². The van der Waals surface area contributed by atoms with Crippen molar-refractivity contribution in [2.24, 2.45) is 33.7 Å². The summed E-state index contributed by atoms with van der Waals surface area (Å²) < 4.78 is 0. The predicted molar refractivity (Wildman–Crippen MR) is 165 cm³/mol. The molecule has 2 aromatic rings. The number of carboxylic acids is 1. The summed E-state index contributed by atoms with van der Waals surface area (Å²) in [5.74, 6) is -4.08. The van der Waals surface area contributed by atoms with E-state index in [1.807, 2.05) is 24.3 Å². The number of aromatic nitrogens is 1. The molecule has 4 amide bonds. The molecule has 44 heavy (non-hydrogen) atoms. The molecule has 0 saturated heterocycles. The molecule has 0 spiro atoms. The van der Waals surface area contributed by atoms with Crippen LogP contribution in [0.5, 0.6) is 0 Å². The fourth-order valence-electron chi connectivity index (χ4n) is 4.50. The summed E-state index contributed by atoms with van der Waals surface area (Å²) in [6.07, 6.45) is 3.15. The number of aliphatic imine (C=N–C) groups is 1. The predicted octanol–water partition coefficient (Wildman–Crippen LogP) is -1.98. The number of carbonyl (C=O) groups is 5. The number of aromatic amines is 1. The second-order valence-electron chi connectivity index (χ2n) is 10.4. The summed E-state index contributed by atoms with van der Waals surface area (Å²) in [5, 5.41) is 18.3. The van der Waals surface area contributed by atoms with Crippen LogP contribution >= 0.6 is 0 Å². The molecule has 0 radical (unpaired) electrons. The molecule has 242 valence electrons. The monoisotopic (exact) mass is 616 g/mol. The Morgan fingerprint density at radius 1 is 0.841 bits per heavy atom. The number of H-pyrrole nitrogens is 1. The van der Waals surface area contributed by atoms with E-state index in [9.17, 15) is 29.1 Å². The van der Waals surface area contributed by atoms with E-state index in [1.54, 1.807) is 6.20 Å². The minimum absolute atomic E-state index is 0.0214. The molecular formula is C28H44N10O6. The number of hydrogen-bond donors (Lipinski definition) is 10. The second kappa shape index (κ2) is 18.1. The molecule has 0 fully saturated rings. The topological polar surface area (TPSA) is 300 Å². The first-order valence-corrected chi connectivity index (χ1v) is 14.4. The first-order valence-electron chi connectivity index (χ1n) is 14.4. The summed E-state index contributed by atoms with van der Waals surface area (Å²) in [5.41, 5.74) is 28.9. The number of amides is 4. The lowest BCUT2D eigenvalue weighted by molar-refractivity contribution is -0.142. The van der Waals surface area contributed by atoms with Gasteiger partial charge in [0.15, 0.2) is 5.96 Å². The fourth-order valence-corrected chi connectivity index (χ4v) is 4.50. The van der Waals surface area contributed by atoms with Crippen LogP contribution in [-0.4, -0.2) is 82.9 Å². The second-order valence-corrected chi connectivity index (χ2v) is 10.4. The molecular weight excluding hydrogens is 572 g/mol. The smallest absolute Gasteiger partial charge is 0.326 e. The van der Waals surface area contributed by atoms with Crippen molar-refractivity contribution < 1.29 is 29.1 Å². The summed E-state index contributed by atoms with van der Waals surface area (Å²) in [4.78, 5) is 69.8. The number of nitrogens with zero attached hydrogens (tertiary/aromatic N) is 1. The van der Waals surface area contributed by atoms with Crippen LogP contribution in [0.2, 0.25) is 0 Å². The molecule has 0 aliphatic heterocycles. The molecule has 1 aromatic carbocycles. The third-order valence-corrected chi connectivity index (χ3v) is 6.91. The Morgan fingerprint density at radius 3 is 2.14 bits per heavy atom. The average Bonchev–Trinajstić information content (AvgIpc) is 3.38. The van der Waals surface area contributed by atoms with Gasteiger partial charge in [-0.05, 0) is 56.7 Å².